The maximum atomic E-state index is 12.1. The summed E-state index contributed by atoms with van der Waals surface area (Å²) in [6.07, 6.45) is -5.06. The van der Waals surface area contributed by atoms with E-state index in [0.29, 0.717) is 12.2 Å². The first kappa shape index (κ1) is 16.1. The predicted molar refractivity (Wildman–Crippen MR) is 74.6 cm³/mol. The van der Waals surface area contributed by atoms with Crippen LogP contribution in [0.15, 0.2) is 18.2 Å². The minimum atomic E-state index is -4.33. The average Bonchev–Trinajstić information content (AvgIpc) is 2.37. The van der Waals surface area contributed by atoms with Crippen molar-refractivity contribution in [2.75, 3.05) is 17.0 Å². The lowest BCUT2D eigenvalue weighted by Gasteiger charge is -2.21. The number of hydrogen-bond acceptors (Lipinski definition) is 3. The van der Waals surface area contributed by atoms with Crippen LogP contribution in [0.2, 0.25) is 0 Å². The Kier molecular flexibility index (Phi) is 4.77. The Morgan fingerprint density at radius 2 is 2.05 bits per heavy atom. The van der Waals surface area contributed by atoms with Crippen molar-refractivity contribution < 1.29 is 21.6 Å². The van der Waals surface area contributed by atoms with E-state index >= 15 is 0 Å². The SMILES string of the molecule is O=S(=O)(CCCC(F)(F)F)Nc1cccc2c1CNCC2. The molecule has 0 aliphatic carbocycles. The Labute approximate surface area is 121 Å². The van der Waals surface area contributed by atoms with Crippen LogP contribution in [-0.2, 0) is 23.0 Å². The smallest absolute Gasteiger partial charge is 0.312 e. The highest BCUT2D eigenvalue weighted by Crippen LogP contribution is 2.25. The van der Waals surface area contributed by atoms with Crippen molar-refractivity contribution in [2.24, 2.45) is 0 Å². The van der Waals surface area contributed by atoms with E-state index in [1.54, 1.807) is 12.1 Å². The van der Waals surface area contributed by atoms with Gasteiger partial charge in [-0.15, -0.1) is 0 Å². The van der Waals surface area contributed by atoms with Crippen LogP contribution in [0.3, 0.4) is 0 Å². The first-order chi connectivity index (χ1) is 9.77. The summed E-state index contributed by atoms with van der Waals surface area (Å²) in [5, 5.41) is 3.15. The van der Waals surface area contributed by atoms with E-state index in [9.17, 15) is 21.6 Å². The third-order valence-corrected chi connectivity index (χ3v) is 4.64. The van der Waals surface area contributed by atoms with Gasteiger partial charge in [0.25, 0.3) is 0 Å². The highest BCUT2D eigenvalue weighted by atomic mass is 32.2. The van der Waals surface area contributed by atoms with Gasteiger partial charge in [0.1, 0.15) is 0 Å². The van der Waals surface area contributed by atoms with Crippen molar-refractivity contribution in [1.82, 2.24) is 5.32 Å². The van der Waals surface area contributed by atoms with E-state index in [1.165, 1.54) is 0 Å². The Balaban J connectivity index is 2.03. The molecule has 0 unspecified atom stereocenters. The van der Waals surface area contributed by atoms with Gasteiger partial charge in [-0.2, -0.15) is 13.2 Å². The zero-order valence-electron chi connectivity index (χ0n) is 11.3. The lowest BCUT2D eigenvalue weighted by Crippen LogP contribution is -2.26. The molecule has 0 saturated carbocycles. The summed E-state index contributed by atoms with van der Waals surface area (Å²) < 4.78 is 62.3. The molecule has 2 N–H and O–H groups in total. The van der Waals surface area contributed by atoms with Gasteiger partial charge in [0.2, 0.25) is 10.0 Å². The van der Waals surface area contributed by atoms with Crippen LogP contribution in [0, 0.1) is 0 Å². The van der Waals surface area contributed by atoms with Gasteiger partial charge in [0.15, 0.2) is 0 Å². The fourth-order valence-corrected chi connectivity index (χ4v) is 3.44. The number of hydrogen-bond donors (Lipinski definition) is 2. The van der Waals surface area contributed by atoms with Crippen molar-refractivity contribution in [3.8, 4) is 0 Å². The molecule has 21 heavy (non-hydrogen) atoms. The maximum Gasteiger partial charge on any atom is 0.389 e. The maximum absolute atomic E-state index is 12.1. The number of alkyl halides is 3. The molecular weight excluding hydrogens is 305 g/mol. The van der Waals surface area contributed by atoms with Gasteiger partial charge < -0.3 is 5.32 Å². The first-order valence-electron chi connectivity index (χ1n) is 6.65. The highest BCUT2D eigenvalue weighted by molar-refractivity contribution is 7.92. The van der Waals surface area contributed by atoms with Gasteiger partial charge in [0, 0.05) is 13.0 Å². The molecule has 0 bridgehead atoms. The van der Waals surface area contributed by atoms with Crippen molar-refractivity contribution in [3.05, 3.63) is 29.3 Å². The van der Waals surface area contributed by atoms with Crippen LogP contribution < -0.4 is 10.0 Å². The number of rotatable bonds is 5. The van der Waals surface area contributed by atoms with E-state index in [1.807, 2.05) is 6.07 Å². The molecule has 0 aromatic heterocycles. The van der Waals surface area contributed by atoms with E-state index in [4.69, 9.17) is 0 Å². The number of fused-ring (bicyclic) bond motifs is 1. The molecule has 0 spiro atoms. The van der Waals surface area contributed by atoms with Gasteiger partial charge in [0.05, 0.1) is 11.4 Å². The number of halogens is 3. The minimum Gasteiger partial charge on any atom is -0.312 e. The normalized spacial score (nSPS) is 15.6. The van der Waals surface area contributed by atoms with Crippen LogP contribution in [-0.4, -0.2) is 26.9 Å². The van der Waals surface area contributed by atoms with Crippen LogP contribution in [0.4, 0.5) is 18.9 Å². The average molecular weight is 322 g/mol. The topological polar surface area (TPSA) is 58.2 Å². The lowest BCUT2D eigenvalue weighted by molar-refractivity contribution is -0.134. The second-order valence-electron chi connectivity index (χ2n) is 5.01. The molecule has 0 fully saturated rings. The highest BCUT2D eigenvalue weighted by Gasteiger charge is 2.27. The molecule has 1 aliphatic rings. The fourth-order valence-electron chi connectivity index (χ4n) is 2.29. The summed E-state index contributed by atoms with van der Waals surface area (Å²) in [6.45, 7) is 1.38. The Bertz CT molecular complexity index is 600. The molecule has 0 radical (unpaired) electrons. The van der Waals surface area contributed by atoms with Crippen molar-refractivity contribution in [3.63, 3.8) is 0 Å². The first-order valence-corrected chi connectivity index (χ1v) is 8.31. The molecule has 1 heterocycles. The fraction of sp³-hybridized carbons (Fsp3) is 0.538. The van der Waals surface area contributed by atoms with Crippen LogP contribution in [0.1, 0.15) is 24.0 Å². The van der Waals surface area contributed by atoms with Crippen molar-refractivity contribution in [2.45, 2.75) is 32.0 Å². The van der Waals surface area contributed by atoms with Crippen LogP contribution in [0.25, 0.3) is 0 Å². The van der Waals surface area contributed by atoms with Gasteiger partial charge in [-0.25, -0.2) is 8.42 Å². The molecule has 1 aliphatic heterocycles. The molecule has 1 aromatic carbocycles. The van der Waals surface area contributed by atoms with E-state index in [2.05, 4.69) is 10.0 Å². The summed E-state index contributed by atoms with van der Waals surface area (Å²) >= 11 is 0. The number of benzene rings is 1. The molecule has 4 nitrogen and oxygen atoms in total. The van der Waals surface area contributed by atoms with Gasteiger partial charge in [-0.05, 0) is 36.6 Å². The summed E-state index contributed by atoms with van der Waals surface area (Å²) in [5.41, 5.74) is 2.37. The summed E-state index contributed by atoms with van der Waals surface area (Å²) in [5.74, 6) is -0.538. The number of sulfonamides is 1. The van der Waals surface area contributed by atoms with Gasteiger partial charge >= 0.3 is 6.18 Å². The Morgan fingerprint density at radius 3 is 2.76 bits per heavy atom. The molecule has 0 saturated heterocycles. The number of anilines is 1. The van der Waals surface area contributed by atoms with Crippen molar-refractivity contribution in [1.29, 1.82) is 0 Å². The standard InChI is InChI=1S/C13H17F3N2O2S/c14-13(15,16)6-2-8-21(19,20)18-12-4-1-3-10-5-7-17-9-11(10)12/h1,3-4,17-18H,2,5-9H2. The zero-order chi connectivity index (χ0) is 15.5. The molecule has 1 aromatic rings. The Morgan fingerprint density at radius 1 is 1.29 bits per heavy atom. The minimum absolute atomic E-state index is 0.438. The second kappa shape index (κ2) is 6.23. The lowest BCUT2D eigenvalue weighted by atomic mass is 10.00. The Hall–Kier alpha value is -1.28. The second-order valence-corrected chi connectivity index (χ2v) is 6.85. The summed E-state index contributed by atoms with van der Waals surface area (Å²) in [7, 11) is -3.77. The van der Waals surface area contributed by atoms with Crippen LogP contribution in [0.5, 0.6) is 0 Å². The van der Waals surface area contributed by atoms with Gasteiger partial charge in [-0.3, -0.25) is 4.72 Å². The molecule has 0 atom stereocenters. The van der Waals surface area contributed by atoms with E-state index in [0.717, 1.165) is 24.1 Å². The molecular formula is C13H17F3N2O2S. The molecule has 8 heteroatoms. The third-order valence-electron chi connectivity index (χ3n) is 3.28. The van der Waals surface area contributed by atoms with Crippen LogP contribution >= 0.6 is 0 Å². The third kappa shape index (κ3) is 4.89. The monoisotopic (exact) mass is 322 g/mol. The zero-order valence-corrected chi connectivity index (χ0v) is 12.1. The molecule has 2 rings (SSSR count). The van der Waals surface area contributed by atoms with E-state index in [-0.39, 0.29) is 0 Å². The van der Waals surface area contributed by atoms with E-state index < -0.39 is 34.8 Å². The molecule has 0 amide bonds. The van der Waals surface area contributed by atoms with Crippen molar-refractivity contribution >= 4 is 15.7 Å². The predicted octanol–water partition coefficient (Wildman–Crippen LogP) is 2.42. The summed E-state index contributed by atoms with van der Waals surface area (Å²) in [4.78, 5) is 0. The largest absolute Gasteiger partial charge is 0.389 e. The number of nitrogens with one attached hydrogen (secondary N) is 2. The summed E-state index contributed by atoms with van der Waals surface area (Å²) in [6, 6.07) is 5.31. The quantitative estimate of drug-likeness (QED) is 0.875. The molecule has 118 valence electrons. The van der Waals surface area contributed by atoms with Gasteiger partial charge in [-0.1, -0.05) is 12.1 Å².